The van der Waals surface area contributed by atoms with Gasteiger partial charge < -0.3 is 11.1 Å². The summed E-state index contributed by atoms with van der Waals surface area (Å²) in [4.78, 5) is 11.9. The maximum absolute atomic E-state index is 11.9. The molecule has 8 heteroatoms. The van der Waals surface area contributed by atoms with Crippen molar-refractivity contribution in [2.45, 2.75) is 17.9 Å². The Hall–Kier alpha value is -1.41. The molecular weight excluding hydrogens is 314 g/mol. The van der Waals surface area contributed by atoms with Gasteiger partial charge in [-0.2, -0.15) is 0 Å². The van der Waals surface area contributed by atoms with E-state index >= 15 is 0 Å². The fourth-order valence-electron chi connectivity index (χ4n) is 1.42. The van der Waals surface area contributed by atoms with Crippen molar-refractivity contribution in [3.05, 3.63) is 42.5 Å². The Labute approximate surface area is 131 Å². The first-order chi connectivity index (χ1) is 9.40. The zero-order chi connectivity index (χ0) is 15.2. The van der Waals surface area contributed by atoms with Gasteiger partial charge in [-0.15, -0.1) is 19.0 Å². The highest BCUT2D eigenvalue weighted by Crippen LogP contribution is 2.11. The molecule has 1 amide bonds. The van der Waals surface area contributed by atoms with Gasteiger partial charge in [0.2, 0.25) is 10.0 Å². The quantitative estimate of drug-likeness (QED) is 0.638. The second-order valence-electron chi connectivity index (χ2n) is 4.28. The minimum absolute atomic E-state index is 0. The SMILES string of the molecule is C=CCNS(=O)(=O)c1cccc(C(=O)N[C@@H](C)CN)c1.Cl. The Morgan fingerprint density at radius 1 is 1.48 bits per heavy atom. The van der Waals surface area contributed by atoms with Crippen molar-refractivity contribution in [2.24, 2.45) is 5.73 Å². The van der Waals surface area contributed by atoms with E-state index in [0.29, 0.717) is 6.54 Å². The lowest BCUT2D eigenvalue weighted by atomic mass is 10.2. The predicted molar refractivity (Wildman–Crippen MR) is 85.1 cm³/mol. The van der Waals surface area contributed by atoms with E-state index < -0.39 is 10.0 Å². The summed E-state index contributed by atoms with van der Waals surface area (Å²) < 4.78 is 26.2. The standard InChI is InChI=1S/C13H19N3O3S.ClH/c1-3-7-15-20(18,19)12-6-4-5-11(8-12)13(17)16-10(2)9-14;/h3-6,8,10,15H,1,7,9,14H2,2H3,(H,16,17);1H/t10-;/m0./s1. The maximum atomic E-state index is 11.9. The Morgan fingerprint density at radius 3 is 2.71 bits per heavy atom. The number of benzene rings is 1. The van der Waals surface area contributed by atoms with E-state index in [4.69, 9.17) is 5.73 Å². The van der Waals surface area contributed by atoms with E-state index in [9.17, 15) is 13.2 Å². The van der Waals surface area contributed by atoms with E-state index in [-0.39, 0.29) is 41.4 Å². The minimum atomic E-state index is -3.64. The van der Waals surface area contributed by atoms with Gasteiger partial charge in [-0.3, -0.25) is 4.79 Å². The lowest BCUT2D eigenvalue weighted by Crippen LogP contribution is -2.37. The second kappa shape index (κ2) is 8.78. The van der Waals surface area contributed by atoms with Crippen LogP contribution in [0.3, 0.4) is 0 Å². The van der Waals surface area contributed by atoms with Crippen LogP contribution in [0.2, 0.25) is 0 Å². The van der Waals surface area contributed by atoms with Crippen LogP contribution in [0.1, 0.15) is 17.3 Å². The molecule has 1 rings (SSSR count). The lowest BCUT2D eigenvalue weighted by molar-refractivity contribution is 0.0941. The molecule has 0 spiro atoms. The van der Waals surface area contributed by atoms with Gasteiger partial charge in [0.1, 0.15) is 0 Å². The first-order valence-corrected chi connectivity index (χ1v) is 7.60. The zero-order valence-corrected chi connectivity index (χ0v) is 13.3. The van der Waals surface area contributed by atoms with E-state index in [1.807, 2.05) is 0 Å². The van der Waals surface area contributed by atoms with Crippen LogP contribution in [0.5, 0.6) is 0 Å². The van der Waals surface area contributed by atoms with Crippen molar-refractivity contribution < 1.29 is 13.2 Å². The molecule has 21 heavy (non-hydrogen) atoms. The van der Waals surface area contributed by atoms with Gasteiger partial charge in [0.25, 0.3) is 5.91 Å². The van der Waals surface area contributed by atoms with Crippen molar-refractivity contribution in [3.8, 4) is 0 Å². The summed E-state index contributed by atoms with van der Waals surface area (Å²) in [6, 6.07) is 5.63. The lowest BCUT2D eigenvalue weighted by Gasteiger charge is -2.12. The fourth-order valence-corrected chi connectivity index (χ4v) is 2.47. The van der Waals surface area contributed by atoms with Crippen molar-refractivity contribution in [3.63, 3.8) is 0 Å². The zero-order valence-electron chi connectivity index (χ0n) is 11.7. The molecule has 4 N–H and O–H groups in total. The molecule has 0 aromatic heterocycles. The van der Waals surface area contributed by atoms with Gasteiger partial charge in [-0.1, -0.05) is 12.1 Å². The number of sulfonamides is 1. The highest BCUT2D eigenvalue weighted by Gasteiger charge is 2.16. The first kappa shape index (κ1) is 19.6. The summed E-state index contributed by atoms with van der Waals surface area (Å²) >= 11 is 0. The summed E-state index contributed by atoms with van der Waals surface area (Å²) in [7, 11) is -3.64. The average molecular weight is 334 g/mol. The van der Waals surface area contributed by atoms with Gasteiger partial charge >= 0.3 is 0 Å². The molecule has 0 bridgehead atoms. The Balaban J connectivity index is 0.00000400. The van der Waals surface area contributed by atoms with Crippen molar-refractivity contribution in [1.29, 1.82) is 0 Å². The highest BCUT2D eigenvalue weighted by molar-refractivity contribution is 7.89. The second-order valence-corrected chi connectivity index (χ2v) is 6.05. The number of nitrogens with two attached hydrogens (primary N) is 1. The van der Waals surface area contributed by atoms with Crippen molar-refractivity contribution in [1.82, 2.24) is 10.0 Å². The molecule has 0 saturated carbocycles. The molecule has 118 valence electrons. The molecule has 0 aliphatic rings. The van der Waals surface area contributed by atoms with Crippen molar-refractivity contribution in [2.75, 3.05) is 13.1 Å². The van der Waals surface area contributed by atoms with Gasteiger partial charge in [0.05, 0.1) is 4.90 Å². The average Bonchev–Trinajstić information content (AvgIpc) is 2.45. The van der Waals surface area contributed by atoms with Crippen LogP contribution >= 0.6 is 12.4 Å². The monoisotopic (exact) mass is 333 g/mol. The minimum Gasteiger partial charge on any atom is -0.348 e. The van der Waals surface area contributed by atoms with Crippen LogP contribution in [0, 0.1) is 0 Å². The number of amides is 1. The number of hydrogen-bond donors (Lipinski definition) is 3. The molecule has 1 atom stereocenters. The molecular formula is C13H20ClN3O3S. The number of halogens is 1. The van der Waals surface area contributed by atoms with Crippen molar-refractivity contribution >= 4 is 28.3 Å². The number of rotatable bonds is 7. The van der Waals surface area contributed by atoms with Gasteiger partial charge in [-0.25, -0.2) is 13.1 Å². The summed E-state index contributed by atoms with van der Waals surface area (Å²) in [5.41, 5.74) is 5.69. The summed E-state index contributed by atoms with van der Waals surface area (Å²) in [6.07, 6.45) is 1.44. The van der Waals surface area contributed by atoms with E-state index in [2.05, 4.69) is 16.6 Å². The third-order valence-electron chi connectivity index (χ3n) is 2.56. The molecule has 6 nitrogen and oxygen atoms in total. The number of hydrogen-bond acceptors (Lipinski definition) is 4. The Bertz CT molecular complexity index is 590. The molecule has 0 aliphatic carbocycles. The number of carbonyl (C=O) groups excluding carboxylic acids is 1. The number of carbonyl (C=O) groups is 1. The van der Waals surface area contributed by atoms with Crippen LogP contribution in [0.25, 0.3) is 0 Å². The molecule has 0 fully saturated rings. The van der Waals surface area contributed by atoms with Crippen LogP contribution in [0.4, 0.5) is 0 Å². The van der Waals surface area contributed by atoms with Crippen LogP contribution in [-0.4, -0.2) is 33.5 Å². The van der Waals surface area contributed by atoms with Gasteiger partial charge in [-0.05, 0) is 25.1 Å². The summed E-state index contributed by atoms with van der Waals surface area (Å²) in [5.74, 6) is -0.358. The first-order valence-electron chi connectivity index (χ1n) is 6.12. The van der Waals surface area contributed by atoms with E-state index in [1.165, 1.54) is 24.3 Å². The summed E-state index contributed by atoms with van der Waals surface area (Å²) in [6.45, 7) is 5.65. The summed E-state index contributed by atoms with van der Waals surface area (Å²) in [5, 5.41) is 2.67. The largest absolute Gasteiger partial charge is 0.348 e. The van der Waals surface area contributed by atoms with Crippen LogP contribution < -0.4 is 15.8 Å². The molecule has 0 radical (unpaired) electrons. The predicted octanol–water partition coefficient (Wildman–Crippen LogP) is 0.650. The Kier molecular flexibility index (Phi) is 8.19. The van der Waals surface area contributed by atoms with Crippen LogP contribution in [-0.2, 0) is 10.0 Å². The van der Waals surface area contributed by atoms with E-state index in [1.54, 1.807) is 13.0 Å². The molecule has 1 aromatic carbocycles. The van der Waals surface area contributed by atoms with Crippen LogP contribution in [0.15, 0.2) is 41.8 Å². The molecule has 0 unspecified atom stereocenters. The number of nitrogens with one attached hydrogen (secondary N) is 2. The highest BCUT2D eigenvalue weighted by atomic mass is 35.5. The third kappa shape index (κ3) is 5.84. The fraction of sp³-hybridized carbons (Fsp3) is 0.308. The topological polar surface area (TPSA) is 101 Å². The molecule has 0 saturated heterocycles. The third-order valence-corrected chi connectivity index (χ3v) is 3.98. The molecule has 1 aromatic rings. The Morgan fingerprint density at radius 2 is 2.14 bits per heavy atom. The maximum Gasteiger partial charge on any atom is 0.251 e. The van der Waals surface area contributed by atoms with E-state index in [0.717, 1.165) is 0 Å². The smallest absolute Gasteiger partial charge is 0.251 e. The molecule has 0 aliphatic heterocycles. The molecule has 0 heterocycles. The van der Waals surface area contributed by atoms with Gasteiger partial charge in [0, 0.05) is 24.7 Å². The van der Waals surface area contributed by atoms with Gasteiger partial charge in [0.15, 0.2) is 0 Å². The normalized spacial score (nSPS) is 12.1.